The van der Waals surface area contributed by atoms with Crippen LogP contribution in [0.25, 0.3) is 0 Å². The lowest BCUT2D eigenvalue weighted by atomic mass is 9.93. The minimum atomic E-state index is -2.74. The third kappa shape index (κ3) is 4.85. The van der Waals surface area contributed by atoms with Crippen molar-refractivity contribution in [1.29, 1.82) is 0 Å². The lowest BCUT2D eigenvalue weighted by Gasteiger charge is -2.28. The van der Waals surface area contributed by atoms with Gasteiger partial charge in [0.2, 0.25) is 10.9 Å². The van der Waals surface area contributed by atoms with E-state index in [1.54, 1.807) is 11.8 Å². The van der Waals surface area contributed by atoms with Crippen LogP contribution in [0.4, 0.5) is 4.79 Å². The first kappa shape index (κ1) is 18.1. The number of carbonyl (C=O) groups is 2. The number of hydrogen-bond acceptors (Lipinski definition) is 7. The lowest BCUT2D eigenvalue weighted by molar-refractivity contribution is -0.138. The molecule has 0 aliphatic carbocycles. The first-order chi connectivity index (χ1) is 10.9. The first-order valence-electron chi connectivity index (χ1n) is 7.21. The number of thioether (sulfide) groups is 1. The number of thiol groups is 1. The Hall–Kier alpha value is -1.26. The molecule has 2 rings (SSSR count). The van der Waals surface area contributed by atoms with E-state index in [0.717, 1.165) is 12.8 Å². The van der Waals surface area contributed by atoms with Crippen LogP contribution in [0.5, 0.6) is 0 Å². The zero-order valence-corrected chi connectivity index (χ0v) is 14.4. The molecular weight excluding hydrogens is 344 g/mol. The molecule has 4 atom stereocenters. The average molecular weight is 364 g/mol. The highest BCUT2D eigenvalue weighted by Crippen LogP contribution is 2.47. The molecule has 2 fully saturated rings. The number of nitrogens with one attached hydrogen (secondary N) is 2. The topological polar surface area (TPSA) is 111 Å². The van der Waals surface area contributed by atoms with E-state index < -0.39 is 29.1 Å². The third-order valence-corrected chi connectivity index (χ3v) is 5.90. The summed E-state index contributed by atoms with van der Waals surface area (Å²) in [5.41, 5.74) is 0.284. The first-order valence-corrected chi connectivity index (χ1v) is 9.33. The Morgan fingerprint density at radius 3 is 2.65 bits per heavy atom. The summed E-state index contributed by atoms with van der Waals surface area (Å²) in [6, 6.07) is -0.383. The molecule has 0 radical (unpaired) electrons. The van der Waals surface area contributed by atoms with Gasteiger partial charge in [-0.05, 0) is 19.8 Å². The van der Waals surface area contributed by atoms with Crippen molar-refractivity contribution >= 4 is 34.7 Å². The number of fused-ring (bicyclic) bond motifs is 2. The van der Waals surface area contributed by atoms with Gasteiger partial charge >= 0.3 is 12.1 Å². The van der Waals surface area contributed by atoms with Crippen LogP contribution in [0.1, 0.15) is 19.8 Å². The van der Waals surface area contributed by atoms with Crippen molar-refractivity contribution in [3.05, 3.63) is 12.2 Å². The Kier molecular flexibility index (Phi) is 6.31. The molecule has 0 spiro atoms. The van der Waals surface area contributed by atoms with Crippen molar-refractivity contribution in [3.63, 3.8) is 0 Å². The van der Waals surface area contributed by atoms with Gasteiger partial charge in [0.15, 0.2) is 0 Å². The highest BCUT2D eigenvalue weighted by atomic mass is 32.2. The molecule has 2 aliphatic rings. The fraction of sp³-hybridized carbons (Fsp3) is 0.692. The number of amides is 1. The van der Waals surface area contributed by atoms with Crippen LogP contribution in [0.15, 0.2) is 12.2 Å². The van der Waals surface area contributed by atoms with E-state index in [2.05, 4.69) is 16.6 Å². The van der Waals surface area contributed by atoms with Gasteiger partial charge in [-0.2, -0.15) is 0 Å². The van der Waals surface area contributed by atoms with E-state index in [-0.39, 0.29) is 35.3 Å². The van der Waals surface area contributed by atoms with Gasteiger partial charge in [-0.15, -0.1) is 11.8 Å². The van der Waals surface area contributed by atoms with Gasteiger partial charge in [-0.3, -0.25) is 0 Å². The van der Waals surface area contributed by atoms with Crippen molar-refractivity contribution < 1.29 is 27.5 Å². The van der Waals surface area contributed by atoms with E-state index in [4.69, 9.17) is 9.47 Å². The Bertz CT molecular complexity index is 557. The van der Waals surface area contributed by atoms with E-state index >= 15 is 0 Å². The van der Waals surface area contributed by atoms with Gasteiger partial charge in [-0.25, -0.2) is 22.7 Å². The molecule has 0 saturated carbocycles. The molecule has 0 aromatic carbocycles. The van der Waals surface area contributed by atoms with Crippen LogP contribution in [0.2, 0.25) is 0 Å². The summed E-state index contributed by atoms with van der Waals surface area (Å²) in [6.45, 7) is 5.10. The number of carbonyl (C=O) groups excluding carboxylic acids is 2. The summed E-state index contributed by atoms with van der Waals surface area (Å²) in [5.74, 6) is -0.520. The van der Waals surface area contributed by atoms with Gasteiger partial charge in [0, 0.05) is 16.1 Å². The number of rotatable bonds is 7. The standard InChI is InChI=1S/C13H20N2O6S2/c1-7(2)12(16)20-6-5-14-13(17)21-11-9-4-3-8(22-9)10(11)15-23(18)19/h8-11,23H,1,3-6H2,2H3,(H,14,17)(H,15,18,19). The van der Waals surface area contributed by atoms with Gasteiger partial charge in [0.1, 0.15) is 12.7 Å². The van der Waals surface area contributed by atoms with Gasteiger partial charge in [-0.1, -0.05) is 6.58 Å². The average Bonchev–Trinajstić information content (AvgIpc) is 3.06. The van der Waals surface area contributed by atoms with E-state index in [1.165, 1.54) is 6.92 Å². The molecule has 2 heterocycles. The predicted molar refractivity (Wildman–Crippen MR) is 85.7 cm³/mol. The smallest absolute Gasteiger partial charge is 0.407 e. The predicted octanol–water partition coefficient (Wildman–Crippen LogP) is -0.0371. The zero-order valence-electron chi connectivity index (χ0n) is 12.6. The van der Waals surface area contributed by atoms with Crippen LogP contribution >= 0.6 is 11.8 Å². The second-order valence-corrected chi connectivity index (χ2v) is 7.67. The summed E-state index contributed by atoms with van der Waals surface area (Å²) in [5, 5.41) is 2.73. The summed E-state index contributed by atoms with van der Waals surface area (Å²) < 4.78 is 34.5. The molecule has 2 N–H and O–H groups in total. The van der Waals surface area contributed by atoms with Gasteiger partial charge in [0.05, 0.1) is 12.6 Å². The second kappa shape index (κ2) is 8.02. The molecule has 2 saturated heterocycles. The largest absolute Gasteiger partial charge is 0.460 e. The van der Waals surface area contributed by atoms with E-state index in [9.17, 15) is 18.0 Å². The van der Waals surface area contributed by atoms with Gasteiger partial charge in [0.25, 0.3) is 0 Å². The molecule has 10 heteroatoms. The van der Waals surface area contributed by atoms with Crippen molar-refractivity contribution in [3.8, 4) is 0 Å². The number of alkyl carbamates (subject to hydrolysis) is 1. The Morgan fingerprint density at radius 2 is 2.00 bits per heavy atom. The molecular formula is C13H20N2O6S2. The summed E-state index contributed by atoms with van der Waals surface area (Å²) in [7, 11) is -2.74. The third-order valence-electron chi connectivity index (χ3n) is 3.66. The number of hydrogen-bond donors (Lipinski definition) is 3. The quantitative estimate of drug-likeness (QED) is 0.252. The number of esters is 1. The van der Waals surface area contributed by atoms with Crippen LogP contribution in [-0.2, 0) is 25.2 Å². The maximum Gasteiger partial charge on any atom is 0.407 e. The molecule has 2 bridgehead atoms. The van der Waals surface area contributed by atoms with Crippen LogP contribution in [-0.4, -0.2) is 56.3 Å². The fourth-order valence-corrected chi connectivity index (χ4v) is 5.09. The molecule has 130 valence electrons. The van der Waals surface area contributed by atoms with E-state index in [1.807, 2.05) is 0 Å². The van der Waals surface area contributed by atoms with E-state index in [0.29, 0.717) is 0 Å². The van der Waals surface area contributed by atoms with Crippen LogP contribution in [0, 0.1) is 0 Å². The van der Waals surface area contributed by atoms with Crippen molar-refractivity contribution in [2.24, 2.45) is 0 Å². The minimum absolute atomic E-state index is 0.0142. The molecule has 1 amide bonds. The SMILES string of the molecule is C=C(C)C(=O)OCCNC(=O)OC1C2CCC(S2)C1N[SH](=O)=O. The normalized spacial score (nSPS) is 28.6. The second-order valence-electron chi connectivity index (χ2n) is 5.42. The Balaban J connectivity index is 1.75. The van der Waals surface area contributed by atoms with Crippen molar-refractivity contribution in [2.75, 3.05) is 13.2 Å². The molecule has 4 unspecified atom stereocenters. The highest BCUT2D eigenvalue weighted by molar-refractivity contribution is 8.01. The Labute approximate surface area is 140 Å². The molecule has 0 aromatic heterocycles. The van der Waals surface area contributed by atoms with Gasteiger partial charge < -0.3 is 14.8 Å². The fourth-order valence-electron chi connectivity index (χ4n) is 2.65. The zero-order chi connectivity index (χ0) is 17.0. The lowest BCUT2D eigenvalue weighted by Crippen LogP contribution is -2.50. The minimum Gasteiger partial charge on any atom is -0.460 e. The van der Waals surface area contributed by atoms with Crippen molar-refractivity contribution in [1.82, 2.24) is 10.0 Å². The summed E-state index contributed by atoms with van der Waals surface area (Å²) >= 11 is 1.65. The highest BCUT2D eigenvalue weighted by Gasteiger charge is 2.51. The number of ether oxygens (including phenoxy) is 2. The monoisotopic (exact) mass is 364 g/mol. The molecule has 0 aromatic rings. The van der Waals surface area contributed by atoms with Crippen molar-refractivity contribution in [2.45, 2.75) is 42.4 Å². The summed E-state index contributed by atoms with van der Waals surface area (Å²) in [6.07, 6.45) is 0.679. The molecule has 23 heavy (non-hydrogen) atoms. The summed E-state index contributed by atoms with van der Waals surface area (Å²) in [4.78, 5) is 23.0. The molecule has 2 aliphatic heterocycles. The maximum absolute atomic E-state index is 11.8. The van der Waals surface area contributed by atoms with Crippen LogP contribution < -0.4 is 10.0 Å². The maximum atomic E-state index is 11.8. The Morgan fingerprint density at radius 1 is 1.30 bits per heavy atom. The van der Waals surface area contributed by atoms with Crippen LogP contribution in [0.3, 0.4) is 0 Å². The molecule has 8 nitrogen and oxygen atoms in total.